The number of hydrogen-bond acceptors (Lipinski definition) is 5. The number of hydrogen-bond donors (Lipinski definition) is 1. The molecule has 0 aliphatic rings. The van der Waals surface area contributed by atoms with Gasteiger partial charge in [-0.15, -0.1) is 0 Å². The third kappa shape index (κ3) is 4.72. The molecule has 0 unspecified atom stereocenters. The molecule has 0 saturated carbocycles. The maximum absolute atomic E-state index is 11.6. The van der Waals surface area contributed by atoms with Gasteiger partial charge in [0.2, 0.25) is 0 Å². The molecule has 0 fully saturated rings. The van der Waals surface area contributed by atoms with Gasteiger partial charge in [-0.05, 0) is 12.5 Å². The largest absolute Gasteiger partial charge is 0.493 e. The SMILES string of the molecule is CCCS(=O)(=O)CCOc1c(CN)cccc1OC. The lowest BCUT2D eigenvalue weighted by Gasteiger charge is -2.14. The molecule has 2 N–H and O–H groups in total. The van der Waals surface area contributed by atoms with Crippen LogP contribution in [0.2, 0.25) is 0 Å². The predicted molar refractivity (Wildman–Crippen MR) is 75.3 cm³/mol. The maximum atomic E-state index is 11.6. The minimum atomic E-state index is -3.04. The molecule has 0 bridgehead atoms. The Labute approximate surface area is 114 Å². The molecule has 0 atom stereocenters. The van der Waals surface area contributed by atoms with Crippen LogP contribution in [-0.2, 0) is 16.4 Å². The van der Waals surface area contributed by atoms with Gasteiger partial charge in [-0.2, -0.15) is 0 Å². The summed E-state index contributed by atoms with van der Waals surface area (Å²) in [7, 11) is -1.50. The summed E-state index contributed by atoms with van der Waals surface area (Å²) in [5, 5.41) is 0. The van der Waals surface area contributed by atoms with Gasteiger partial charge >= 0.3 is 0 Å². The van der Waals surface area contributed by atoms with Crippen molar-refractivity contribution < 1.29 is 17.9 Å². The van der Waals surface area contributed by atoms with Gasteiger partial charge < -0.3 is 15.2 Å². The van der Waals surface area contributed by atoms with Crippen molar-refractivity contribution in [3.63, 3.8) is 0 Å². The molecule has 1 aromatic carbocycles. The van der Waals surface area contributed by atoms with Crippen molar-refractivity contribution in [1.29, 1.82) is 0 Å². The van der Waals surface area contributed by atoms with Crippen LogP contribution < -0.4 is 15.2 Å². The topological polar surface area (TPSA) is 78.6 Å². The van der Waals surface area contributed by atoms with Crippen molar-refractivity contribution in [1.82, 2.24) is 0 Å². The zero-order chi connectivity index (χ0) is 14.3. The van der Waals surface area contributed by atoms with Gasteiger partial charge in [-0.25, -0.2) is 8.42 Å². The molecule has 5 nitrogen and oxygen atoms in total. The van der Waals surface area contributed by atoms with Gasteiger partial charge in [0.05, 0.1) is 18.6 Å². The first-order chi connectivity index (χ1) is 9.04. The van der Waals surface area contributed by atoms with E-state index in [0.29, 0.717) is 24.5 Å². The van der Waals surface area contributed by atoms with Crippen molar-refractivity contribution >= 4 is 9.84 Å². The molecule has 0 spiro atoms. The average Bonchev–Trinajstić information content (AvgIpc) is 2.38. The summed E-state index contributed by atoms with van der Waals surface area (Å²) < 4.78 is 33.9. The van der Waals surface area contributed by atoms with Gasteiger partial charge in [0, 0.05) is 12.1 Å². The fraction of sp³-hybridized carbons (Fsp3) is 0.538. The van der Waals surface area contributed by atoms with E-state index in [-0.39, 0.29) is 18.1 Å². The molecule has 0 saturated heterocycles. The monoisotopic (exact) mass is 287 g/mol. The van der Waals surface area contributed by atoms with Crippen LogP contribution in [0, 0.1) is 0 Å². The van der Waals surface area contributed by atoms with Crippen LogP contribution in [-0.4, -0.2) is 33.6 Å². The third-order valence-electron chi connectivity index (χ3n) is 2.66. The average molecular weight is 287 g/mol. The minimum Gasteiger partial charge on any atom is -0.493 e. The lowest BCUT2D eigenvalue weighted by Crippen LogP contribution is -2.17. The quantitative estimate of drug-likeness (QED) is 0.781. The summed E-state index contributed by atoms with van der Waals surface area (Å²) in [6, 6.07) is 5.41. The number of methoxy groups -OCH3 is 1. The first-order valence-electron chi connectivity index (χ1n) is 6.23. The molecule has 0 heterocycles. The zero-order valence-electron chi connectivity index (χ0n) is 11.4. The molecule has 0 radical (unpaired) electrons. The predicted octanol–water partition coefficient (Wildman–Crippen LogP) is 1.36. The van der Waals surface area contributed by atoms with Crippen LogP contribution in [0.15, 0.2) is 18.2 Å². The zero-order valence-corrected chi connectivity index (χ0v) is 12.2. The summed E-state index contributed by atoms with van der Waals surface area (Å²) in [6.45, 7) is 2.26. The summed E-state index contributed by atoms with van der Waals surface area (Å²) in [4.78, 5) is 0. The summed E-state index contributed by atoms with van der Waals surface area (Å²) >= 11 is 0. The fourth-order valence-corrected chi connectivity index (χ4v) is 2.89. The number of ether oxygens (including phenoxy) is 2. The van der Waals surface area contributed by atoms with E-state index in [1.54, 1.807) is 6.07 Å². The van der Waals surface area contributed by atoms with E-state index >= 15 is 0 Å². The number of nitrogens with two attached hydrogens (primary N) is 1. The van der Waals surface area contributed by atoms with Crippen molar-refractivity contribution in [2.24, 2.45) is 5.73 Å². The second-order valence-corrected chi connectivity index (χ2v) is 6.46. The van der Waals surface area contributed by atoms with Crippen LogP contribution in [0.4, 0.5) is 0 Å². The standard InChI is InChI=1S/C13H21NO4S/c1-3-8-19(15,16)9-7-18-13-11(10-14)5-4-6-12(13)17-2/h4-6H,3,7-10,14H2,1-2H3. The Morgan fingerprint density at radius 2 is 2.00 bits per heavy atom. The molecule has 1 aromatic rings. The van der Waals surface area contributed by atoms with E-state index in [4.69, 9.17) is 15.2 Å². The van der Waals surface area contributed by atoms with Crippen molar-refractivity contribution in [3.8, 4) is 11.5 Å². The van der Waals surface area contributed by atoms with Gasteiger partial charge in [0.1, 0.15) is 6.61 Å². The second-order valence-electron chi connectivity index (χ2n) is 4.15. The smallest absolute Gasteiger partial charge is 0.165 e. The molecular formula is C13H21NO4S. The van der Waals surface area contributed by atoms with E-state index in [1.165, 1.54) is 7.11 Å². The van der Waals surface area contributed by atoms with E-state index in [9.17, 15) is 8.42 Å². The van der Waals surface area contributed by atoms with Gasteiger partial charge in [0.25, 0.3) is 0 Å². The minimum absolute atomic E-state index is 0.00288. The summed E-state index contributed by atoms with van der Waals surface area (Å²) in [5.74, 6) is 1.28. The van der Waals surface area contributed by atoms with E-state index < -0.39 is 9.84 Å². The lowest BCUT2D eigenvalue weighted by atomic mass is 10.2. The van der Waals surface area contributed by atoms with Crippen LogP contribution in [0.3, 0.4) is 0 Å². The highest BCUT2D eigenvalue weighted by Gasteiger charge is 2.13. The number of para-hydroxylation sites is 1. The van der Waals surface area contributed by atoms with Crippen LogP contribution >= 0.6 is 0 Å². The Morgan fingerprint density at radius 1 is 1.26 bits per heavy atom. The highest BCUT2D eigenvalue weighted by molar-refractivity contribution is 7.91. The van der Waals surface area contributed by atoms with Crippen LogP contribution in [0.1, 0.15) is 18.9 Å². The Hall–Kier alpha value is -1.27. The summed E-state index contributed by atoms with van der Waals surface area (Å²) in [5.41, 5.74) is 6.42. The van der Waals surface area contributed by atoms with Crippen LogP contribution in [0.5, 0.6) is 11.5 Å². The van der Waals surface area contributed by atoms with Crippen molar-refractivity contribution in [2.75, 3.05) is 25.2 Å². The maximum Gasteiger partial charge on any atom is 0.165 e. The van der Waals surface area contributed by atoms with Crippen molar-refractivity contribution in [3.05, 3.63) is 23.8 Å². The number of rotatable bonds is 8. The van der Waals surface area contributed by atoms with Gasteiger partial charge in [-0.3, -0.25) is 0 Å². The molecule has 1 rings (SSSR count). The normalized spacial score (nSPS) is 11.3. The summed E-state index contributed by atoms with van der Waals surface area (Å²) in [6.07, 6.45) is 0.616. The van der Waals surface area contributed by atoms with Gasteiger partial charge in [-0.1, -0.05) is 19.1 Å². The van der Waals surface area contributed by atoms with E-state index in [2.05, 4.69) is 0 Å². The Balaban J connectivity index is 2.72. The fourth-order valence-electron chi connectivity index (χ4n) is 1.73. The van der Waals surface area contributed by atoms with Crippen molar-refractivity contribution in [2.45, 2.75) is 19.9 Å². The molecule has 0 aliphatic heterocycles. The third-order valence-corrected chi connectivity index (χ3v) is 4.48. The Bertz CT molecular complexity index is 477. The van der Waals surface area contributed by atoms with E-state index in [1.807, 2.05) is 19.1 Å². The molecule has 0 amide bonds. The first-order valence-corrected chi connectivity index (χ1v) is 8.05. The molecule has 6 heteroatoms. The first kappa shape index (κ1) is 15.8. The van der Waals surface area contributed by atoms with Gasteiger partial charge in [0.15, 0.2) is 21.3 Å². The highest BCUT2D eigenvalue weighted by atomic mass is 32.2. The van der Waals surface area contributed by atoms with E-state index in [0.717, 1.165) is 5.56 Å². The highest BCUT2D eigenvalue weighted by Crippen LogP contribution is 2.30. The molecule has 19 heavy (non-hydrogen) atoms. The molecule has 108 valence electrons. The second kappa shape index (κ2) is 7.35. The Morgan fingerprint density at radius 3 is 2.58 bits per heavy atom. The molecular weight excluding hydrogens is 266 g/mol. The lowest BCUT2D eigenvalue weighted by molar-refractivity contribution is 0.308. The number of benzene rings is 1. The van der Waals surface area contributed by atoms with Crippen LogP contribution in [0.25, 0.3) is 0 Å². The number of sulfone groups is 1. The Kier molecular flexibility index (Phi) is 6.11. The molecule has 0 aromatic heterocycles. The molecule has 0 aliphatic carbocycles.